The molecule has 120 valence electrons. The molecule has 0 heterocycles. The number of rotatable bonds is 11. The van der Waals surface area contributed by atoms with Gasteiger partial charge in [0.1, 0.15) is 5.75 Å². The van der Waals surface area contributed by atoms with E-state index in [1.807, 2.05) is 29.2 Å². The average Bonchev–Trinajstić information content (AvgIpc) is 2.48. The fourth-order valence-corrected chi connectivity index (χ4v) is 2.14. The Balaban J connectivity index is 2.26. The molecule has 0 spiro atoms. The van der Waals surface area contributed by atoms with Crippen LogP contribution in [0.1, 0.15) is 18.9 Å². The highest BCUT2D eigenvalue weighted by molar-refractivity contribution is 5.26. The van der Waals surface area contributed by atoms with Crippen molar-refractivity contribution in [3.63, 3.8) is 0 Å². The maximum absolute atomic E-state index is 9.96. The molecule has 0 saturated heterocycles. The Labute approximate surface area is 127 Å². The first-order chi connectivity index (χ1) is 10.2. The Morgan fingerprint density at radius 2 is 1.90 bits per heavy atom. The summed E-state index contributed by atoms with van der Waals surface area (Å²) in [7, 11) is 1.64. The van der Waals surface area contributed by atoms with E-state index < -0.39 is 6.10 Å². The standard InChI is InChI=1S/C16H27NO4/c1-3-8-17(9-10-18)11-15(19)13-21-12-14-4-6-16(20-2)7-5-14/h4-7,15,18-19H,3,8-13H2,1-2H3. The van der Waals surface area contributed by atoms with Crippen molar-refractivity contribution in [3.05, 3.63) is 29.8 Å². The number of ether oxygens (including phenoxy) is 2. The van der Waals surface area contributed by atoms with Gasteiger partial charge in [-0.2, -0.15) is 0 Å². The summed E-state index contributed by atoms with van der Waals surface area (Å²) in [5.74, 6) is 0.818. The summed E-state index contributed by atoms with van der Waals surface area (Å²) in [6.07, 6.45) is 0.459. The molecule has 0 aliphatic carbocycles. The van der Waals surface area contributed by atoms with Crippen LogP contribution in [0, 0.1) is 0 Å². The number of hydrogen-bond donors (Lipinski definition) is 2. The van der Waals surface area contributed by atoms with E-state index in [1.54, 1.807) is 7.11 Å². The highest BCUT2D eigenvalue weighted by Crippen LogP contribution is 2.12. The predicted octanol–water partition coefficient (Wildman–Crippen LogP) is 1.28. The normalized spacial score (nSPS) is 12.6. The van der Waals surface area contributed by atoms with Crippen molar-refractivity contribution in [3.8, 4) is 5.75 Å². The van der Waals surface area contributed by atoms with E-state index in [-0.39, 0.29) is 13.2 Å². The summed E-state index contributed by atoms with van der Waals surface area (Å²) in [5, 5.41) is 18.9. The van der Waals surface area contributed by atoms with Gasteiger partial charge in [0.25, 0.3) is 0 Å². The number of benzene rings is 1. The lowest BCUT2D eigenvalue weighted by Gasteiger charge is -2.23. The van der Waals surface area contributed by atoms with Gasteiger partial charge in [0.05, 0.1) is 33.0 Å². The van der Waals surface area contributed by atoms with Crippen LogP contribution in [0.5, 0.6) is 5.75 Å². The molecule has 0 bridgehead atoms. The molecule has 1 aromatic carbocycles. The van der Waals surface area contributed by atoms with Gasteiger partial charge in [-0.15, -0.1) is 0 Å². The SMILES string of the molecule is CCCN(CCO)CC(O)COCc1ccc(OC)cc1. The Morgan fingerprint density at radius 3 is 2.48 bits per heavy atom. The van der Waals surface area contributed by atoms with Crippen molar-refractivity contribution in [1.82, 2.24) is 4.90 Å². The van der Waals surface area contributed by atoms with E-state index in [9.17, 15) is 5.11 Å². The Kier molecular flexibility index (Phi) is 9.01. The van der Waals surface area contributed by atoms with Crippen LogP contribution in [0.15, 0.2) is 24.3 Å². The van der Waals surface area contributed by atoms with E-state index in [0.717, 1.165) is 24.3 Å². The molecule has 0 saturated carbocycles. The summed E-state index contributed by atoms with van der Waals surface area (Å²) in [5.41, 5.74) is 1.05. The van der Waals surface area contributed by atoms with Crippen LogP contribution in [-0.2, 0) is 11.3 Å². The summed E-state index contributed by atoms with van der Waals surface area (Å²) in [6, 6.07) is 7.67. The van der Waals surface area contributed by atoms with E-state index in [1.165, 1.54) is 0 Å². The van der Waals surface area contributed by atoms with Gasteiger partial charge >= 0.3 is 0 Å². The molecular formula is C16H27NO4. The first kappa shape index (κ1) is 17.9. The highest BCUT2D eigenvalue weighted by Gasteiger charge is 2.11. The zero-order valence-electron chi connectivity index (χ0n) is 13.0. The average molecular weight is 297 g/mol. The van der Waals surface area contributed by atoms with Gasteiger partial charge in [-0.3, -0.25) is 4.90 Å². The second-order valence-corrected chi connectivity index (χ2v) is 5.04. The molecule has 1 aromatic rings. The zero-order chi connectivity index (χ0) is 15.5. The molecule has 1 rings (SSSR count). The Bertz CT molecular complexity index is 363. The number of aliphatic hydroxyl groups excluding tert-OH is 2. The molecule has 1 unspecified atom stereocenters. The van der Waals surface area contributed by atoms with Crippen molar-refractivity contribution in [2.75, 3.05) is 40.0 Å². The maximum atomic E-state index is 9.96. The highest BCUT2D eigenvalue weighted by atomic mass is 16.5. The van der Waals surface area contributed by atoms with E-state index >= 15 is 0 Å². The number of hydrogen-bond acceptors (Lipinski definition) is 5. The van der Waals surface area contributed by atoms with Crippen molar-refractivity contribution >= 4 is 0 Å². The fraction of sp³-hybridized carbons (Fsp3) is 0.625. The van der Waals surface area contributed by atoms with Crippen LogP contribution in [0.2, 0.25) is 0 Å². The minimum atomic E-state index is -0.540. The topological polar surface area (TPSA) is 62.2 Å². The van der Waals surface area contributed by atoms with Gasteiger partial charge in [0.2, 0.25) is 0 Å². The van der Waals surface area contributed by atoms with Gasteiger partial charge in [0, 0.05) is 13.1 Å². The zero-order valence-corrected chi connectivity index (χ0v) is 13.0. The first-order valence-electron chi connectivity index (χ1n) is 7.41. The molecule has 21 heavy (non-hydrogen) atoms. The molecule has 0 aliphatic heterocycles. The third-order valence-electron chi connectivity index (χ3n) is 3.16. The van der Waals surface area contributed by atoms with E-state index in [2.05, 4.69) is 6.92 Å². The molecule has 0 aliphatic rings. The molecule has 0 amide bonds. The molecular weight excluding hydrogens is 270 g/mol. The predicted molar refractivity (Wildman–Crippen MR) is 82.5 cm³/mol. The summed E-state index contributed by atoms with van der Waals surface area (Å²) in [6.45, 7) is 4.93. The molecule has 0 radical (unpaired) electrons. The van der Waals surface area contributed by atoms with Crippen molar-refractivity contribution in [2.45, 2.75) is 26.1 Å². The van der Waals surface area contributed by atoms with Gasteiger partial charge in [-0.1, -0.05) is 19.1 Å². The van der Waals surface area contributed by atoms with E-state index in [0.29, 0.717) is 19.7 Å². The maximum Gasteiger partial charge on any atom is 0.118 e. The second-order valence-electron chi connectivity index (χ2n) is 5.04. The van der Waals surface area contributed by atoms with Crippen LogP contribution in [-0.4, -0.2) is 61.2 Å². The lowest BCUT2D eigenvalue weighted by Crippen LogP contribution is -2.37. The molecule has 5 heteroatoms. The van der Waals surface area contributed by atoms with Gasteiger partial charge in [-0.05, 0) is 30.7 Å². The first-order valence-corrected chi connectivity index (χ1v) is 7.41. The van der Waals surface area contributed by atoms with Crippen LogP contribution < -0.4 is 4.74 Å². The smallest absolute Gasteiger partial charge is 0.118 e. The van der Waals surface area contributed by atoms with Crippen molar-refractivity contribution in [2.24, 2.45) is 0 Å². The third-order valence-corrected chi connectivity index (χ3v) is 3.16. The Hall–Kier alpha value is -1.14. The molecule has 0 fully saturated rings. The van der Waals surface area contributed by atoms with Gasteiger partial charge in [-0.25, -0.2) is 0 Å². The summed E-state index contributed by atoms with van der Waals surface area (Å²) >= 11 is 0. The number of aliphatic hydroxyl groups is 2. The van der Waals surface area contributed by atoms with Crippen LogP contribution in [0.4, 0.5) is 0 Å². The van der Waals surface area contributed by atoms with Crippen molar-refractivity contribution < 1.29 is 19.7 Å². The molecule has 2 N–H and O–H groups in total. The molecule has 5 nitrogen and oxygen atoms in total. The minimum absolute atomic E-state index is 0.111. The van der Waals surface area contributed by atoms with E-state index in [4.69, 9.17) is 14.6 Å². The fourth-order valence-electron chi connectivity index (χ4n) is 2.14. The minimum Gasteiger partial charge on any atom is -0.497 e. The van der Waals surface area contributed by atoms with Crippen LogP contribution in [0.25, 0.3) is 0 Å². The lowest BCUT2D eigenvalue weighted by atomic mass is 10.2. The quantitative estimate of drug-likeness (QED) is 0.644. The van der Waals surface area contributed by atoms with Crippen LogP contribution in [0.3, 0.4) is 0 Å². The molecule has 1 atom stereocenters. The Morgan fingerprint density at radius 1 is 1.19 bits per heavy atom. The lowest BCUT2D eigenvalue weighted by molar-refractivity contribution is 0.00766. The number of methoxy groups -OCH3 is 1. The summed E-state index contributed by atoms with van der Waals surface area (Å²) in [4.78, 5) is 2.04. The third kappa shape index (κ3) is 7.43. The largest absolute Gasteiger partial charge is 0.497 e. The van der Waals surface area contributed by atoms with Gasteiger partial charge < -0.3 is 19.7 Å². The molecule has 0 aromatic heterocycles. The van der Waals surface area contributed by atoms with Crippen LogP contribution >= 0.6 is 0 Å². The monoisotopic (exact) mass is 297 g/mol. The second kappa shape index (κ2) is 10.6. The summed E-state index contributed by atoms with van der Waals surface area (Å²) < 4.78 is 10.6. The number of nitrogens with zero attached hydrogens (tertiary/aromatic N) is 1. The van der Waals surface area contributed by atoms with Gasteiger partial charge in [0.15, 0.2) is 0 Å². The van der Waals surface area contributed by atoms with Crippen molar-refractivity contribution in [1.29, 1.82) is 0 Å².